The number of benzene rings is 1. The third kappa shape index (κ3) is 3.73. The highest BCUT2D eigenvalue weighted by Crippen LogP contribution is 2.13. The molecule has 0 fully saturated rings. The standard InChI is InChI=1S/C12H14O4/c1-2-16-10-6-3-9(4-7-10)5-8-11(13)12(14)15/h3-4,6-7H,2,5,8H2,1H3,(H,14,15). The van der Waals surface area contributed by atoms with E-state index in [0.29, 0.717) is 13.0 Å². The minimum Gasteiger partial charge on any atom is -0.494 e. The predicted octanol–water partition coefficient (Wildman–Crippen LogP) is 1.67. The summed E-state index contributed by atoms with van der Waals surface area (Å²) in [4.78, 5) is 21.2. The first-order chi connectivity index (χ1) is 7.63. The number of aryl methyl sites for hydroxylation is 1. The maximum Gasteiger partial charge on any atom is 0.372 e. The van der Waals surface area contributed by atoms with Crippen LogP contribution in [0.1, 0.15) is 18.9 Å². The third-order valence-electron chi connectivity index (χ3n) is 2.11. The number of carbonyl (C=O) groups excluding carboxylic acids is 1. The van der Waals surface area contributed by atoms with Gasteiger partial charge in [0, 0.05) is 6.42 Å². The van der Waals surface area contributed by atoms with Gasteiger partial charge in [0.1, 0.15) is 5.75 Å². The fraction of sp³-hybridized carbons (Fsp3) is 0.333. The van der Waals surface area contributed by atoms with E-state index in [9.17, 15) is 9.59 Å². The Morgan fingerprint density at radius 3 is 2.38 bits per heavy atom. The number of aliphatic carboxylic acids is 1. The van der Waals surface area contributed by atoms with Crippen LogP contribution in [0.2, 0.25) is 0 Å². The number of hydrogen-bond donors (Lipinski definition) is 1. The van der Waals surface area contributed by atoms with E-state index in [1.165, 1.54) is 0 Å². The highest BCUT2D eigenvalue weighted by atomic mass is 16.5. The molecular formula is C12H14O4. The van der Waals surface area contributed by atoms with Crippen molar-refractivity contribution in [1.82, 2.24) is 0 Å². The molecule has 1 aromatic carbocycles. The van der Waals surface area contributed by atoms with Gasteiger partial charge in [-0.2, -0.15) is 0 Å². The first kappa shape index (κ1) is 12.2. The molecule has 0 heterocycles. The highest BCUT2D eigenvalue weighted by Gasteiger charge is 2.10. The van der Waals surface area contributed by atoms with Crippen LogP contribution in [0, 0.1) is 0 Å². The van der Waals surface area contributed by atoms with Crippen molar-refractivity contribution in [1.29, 1.82) is 0 Å². The first-order valence-corrected chi connectivity index (χ1v) is 5.11. The molecule has 1 rings (SSSR count). The van der Waals surface area contributed by atoms with Crippen LogP contribution < -0.4 is 4.74 Å². The lowest BCUT2D eigenvalue weighted by Gasteiger charge is -2.04. The fourth-order valence-corrected chi connectivity index (χ4v) is 1.28. The van der Waals surface area contributed by atoms with Gasteiger partial charge in [0.2, 0.25) is 5.78 Å². The second kappa shape index (κ2) is 5.90. The van der Waals surface area contributed by atoms with E-state index >= 15 is 0 Å². The van der Waals surface area contributed by atoms with Crippen LogP contribution in [-0.4, -0.2) is 23.5 Å². The summed E-state index contributed by atoms with van der Waals surface area (Å²) in [6.45, 7) is 2.51. The predicted molar refractivity (Wildman–Crippen MR) is 58.6 cm³/mol. The van der Waals surface area contributed by atoms with Crippen molar-refractivity contribution < 1.29 is 19.4 Å². The van der Waals surface area contributed by atoms with Gasteiger partial charge in [0.15, 0.2) is 0 Å². The normalized spacial score (nSPS) is 9.81. The molecule has 16 heavy (non-hydrogen) atoms. The van der Waals surface area contributed by atoms with Gasteiger partial charge in [-0.05, 0) is 31.0 Å². The van der Waals surface area contributed by atoms with E-state index in [2.05, 4.69) is 0 Å². The lowest BCUT2D eigenvalue weighted by Crippen LogP contribution is -2.12. The monoisotopic (exact) mass is 222 g/mol. The first-order valence-electron chi connectivity index (χ1n) is 5.11. The van der Waals surface area contributed by atoms with Crippen LogP contribution in [0.5, 0.6) is 5.75 Å². The van der Waals surface area contributed by atoms with E-state index in [1.807, 2.05) is 31.2 Å². The maximum atomic E-state index is 10.9. The number of rotatable bonds is 6. The van der Waals surface area contributed by atoms with E-state index < -0.39 is 11.8 Å². The minimum atomic E-state index is -1.37. The third-order valence-corrected chi connectivity index (χ3v) is 2.11. The smallest absolute Gasteiger partial charge is 0.372 e. The Bertz CT molecular complexity index is 367. The molecule has 0 unspecified atom stereocenters. The number of carboxylic acid groups (broad SMARTS) is 1. The van der Waals surface area contributed by atoms with E-state index in [4.69, 9.17) is 9.84 Å². The van der Waals surface area contributed by atoms with Gasteiger partial charge < -0.3 is 9.84 Å². The minimum absolute atomic E-state index is 0.0311. The Balaban J connectivity index is 2.49. The molecule has 0 amide bonds. The molecule has 0 atom stereocenters. The number of hydrogen-bond acceptors (Lipinski definition) is 3. The molecule has 0 spiro atoms. The Kier molecular flexibility index (Phi) is 4.51. The van der Waals surface area contributed by atoms with Gasteiger partial charge in [0.25, 0.3) is 0 Å². The molecule has 1 aromatic rings. The van der Waals surface area contributed by atoms with E-state index in [0.717, 1.165) is 11.3 Å². The molecule has 0 aromatic heterocycles. The van der Waals surface area contributed by atoms with Gasteiger partial charge in [-0.15, -0.1) is 0 Å². The number of ether oxygens (including phenoxy) is 1. The zero-order valence-corrected chi connectivity index (χ0v) is 9.10. The molecule has 0 aliphatic rings. The number of carboxylic acids is 1. The molecule has 0 saturated carbocycles. The van der Waals surface area contributed by atoms with Gasteiger partial charge in [-0.3, -0.25) is 4.79 Å². The van der Waals surface area contributed by atoms with E-state index in [-0.39, 0.29) is 6.42 Å². The Morgan fingerprint density at radius 1 is 1.25 bits per heavy atom. The fourth-order valence-electron chi connectivity index (χ4n) is 1.28. The zero-order valence-electron chi connectivity index (χ0n) is 9.10. The van der Waals surface area contributed by atoms with Gasteiger partial charge in [-0.25, -0.2) is 4.79 Å². The molecular weight excluding hydrogens is 208 g/mol. The molecule has 4 nitrogen and oxygen atoms in total. The summed E-state index contributed by atoms with van der Waals surface area (Å²) in [5.74, 6) is -1.35. The van der Waals surface area contributed by atoms with Crippen molar-refractivity contribution in [2.45, 2.75) is 19.8 Å². The summed E-state index contributed by atoms with van der Waals surface area (Å²) < 4.78 is 5.26. The Labute approximate surface area is 93.9 Å². The average Bonchev–Trinajstić information content (AvgIpc) is 2.28. The molecule has 0 aliphatic carbocycles. The largest absolute Gasteiger partial charge is 0.494 e. The highest BCUT2D eigenvalue weighted by molar-refractivity contribution is 6.32. The number of carbonyl (C=O) groups is 2. The van der Waals surface area contributed by atoms with Crippen molar-refractivity contribution in [3.63, 3.8) is 0 Å². The summed E-state index contributed by atoms with van der Waals surface area (Å²) in [7, 11) is 0. The number of ketones is 1. The molecule has 86 valence electrons. The van der Waals surface area contributed by atoms with Gasteiger partial charge in [-0.1, -0.05) is 12.1 Å². The van der Waals surface area contributed by atoms with Gasteiger partial charge >= 0.3 is 5.97 Å². The Hall–Kier alpha value is -1.84. The number of Topliss-reactive ketones (excluding diaryl/α,β-unsaturated/α-hetero) is 1. The molecule has 0 radical (unpaired) electrons. The second-order valence-corrected chi connectivity index (χ2v) is 3.31. The lowest BCUT2D eigenvalue weighted by atomic mass is 10.1. The SMILES string of the molecule is CCOc1ccc(CCC(=O)C(=O)O)cc1. The summed E-state index contributed by atoms with van der Waals surface area (Å²) in [6, 6.07) is 7.29. The van der Waals surface area contributed by atoms with Crippen LogP contribution in [0.15, 0.2) is 24.3 Å². The van der Waals surface area contributed by atoms with Crippen LogP contribution in [-0.2, 0) is 16.0 Å². The average molecular weight is 222 g/mol. The molecule has 1 N–H and O–H groups in total. The van der Waals surface area contributed by atoms with Gasteiger partial charge in [0.05, 0.1) is 6.61 Å². The molecule has 4 heteroatoms. The second-order valence-electron chi connectivity index (χ2n) is 3.31. The summed E-state index contributed by atoms with van der Waals surface area (Å²) in [5, 5.41) is 8.40. The van der Waals surface area contributed by atoms with Crippen molar-refractivity contribution in [3.8, 4) is 5.75 Å². The molecule has 0 aliphatic heterocycles. The maximum absolute atomic E-state index is 10.9. The van der Waals surface area contributed by atoms with Crippen molar-refractivity contribution in [3.05, 3.63) is 29.8 Å². The molecule has 0 bridgehead atoms. The summed E-state index contributed by atoms with van der Waals surface area (Å²) in [6.07, 6.45) is 0.473. The lowest BCUT2D eigenvalue weighted by molar-refractivity contribution is -0.149. The summed E-state index contributed by atoms with van der Waals surface area (Å²) >= 11 is 0. The van der Waals surface area contributed by atoms with Crippen LogP contribution >= 0.6 is 0 Å². The Morgan fingerprint density at radius 2 is 1.88 bits per heavy atom. The quantitative estimate of drug-likeness (QED) is 0.743. The van der Waals surface area contributed by atoms with Crippen molar-refractivity contribution in [2.75, 3.05) is 6.61 Å². The topological polar surface area (TPSA) is 63.6 Å². The van der Waals surface area contributed by atoms with Crippen LogP contribution in [0.25, 0.3) is 0 Å². The van der Waals surface area contributed by atoms with Crippen LogP contribution in [0.4, 0.5) is 0 Å². The van der Waals surface area contributed by atoms with Crippen molar-refractivity contribution in [2.24, 2.45) is 0 Å². The van der Waals surface area contributed by atoms with E-state index in [1.54, 1.807) is 0 Å². The zero-order chi connectivity index (χ0) is 12.0. The van der Waals surface area contributed by atoms with Crippen molar-refractivity contribution >= 4 is 11.8 Å². The summed E-state index contributed by atoms with van der Waals surface area (Å²) in [5.41, 5.74) is 0.929. The molecule has 0 saturated heterocycles. The van der Waals surface area contributed by atoms with Crippen LogP contribution in [0.3, 0.4) is 0 Å².